The minimum Gasteiger partial charge on any atom is -0.505 e. The van der Waals surface area contributed by atoms with Crippen LogP contribution < -0.4 is 4.74 Å². The van der Waals surface area contributed by atoms with Crippen LogP contribution >= 0.6 is 0 Å². The molecule has 14 heteroatoms. The summed E-state index contributed by atoms with van der Waals surface area (Å²) in [6.45, 7) is 24.4. The molecule has 0 fully saturated rings. The number of carboxylic acids is 1. The lowest BCUT2D eigenvalue weighted by Crippen LogP contribution is -2.48. The van der Waals surface area contributed by atoms with Crippen LogP contribution in [0.15, 0.2) is 53.1 Å². The minimum atomic E-state index is -1.69. The Balaban J connectivity index is 0.000000315. The fourth-order valence-corrected chi connectivity index (χ4v) is 10.3. The Hall–Kier alpha value is -6.38. The van der Waals surface area contributed by atoms with Gasteiger partial charge in [0.05, 0.1) is 16.7 Å². The Kier molecular flexibility index (Phi) is 19.5. The number of aliphatic carboxylic acids is 1. The van der Waals surface area contributed by atoms with Crippen LogP contribution in [-0.2, 0) is 59.8 Å². The molecule has 71 heavy (non-hydrogen) atoms. The summed E-state index contributed by atoms with van der Waals surface area (Å²) in [6.07, 6.45) is 1.74. The zero-order chi connectivity index (χ0) is 53.4. The van der Waals surface area contributed by atoms with Crippen molar-refractivity contribution in [1.82, 2.24) is 0 Å². The highest BCUT2D eigenvalue weighted by Crippen LogP contribution is 2.54. The summed E-state index contributed by atoms with van der Waals surface area (Å²) in [5, 5.41) is 21.1. The lowest BCUT2D eigenvalue weighted by atomic mass is 9.58. The number of carbonyl (C=O) groups excluding carboxylic acids is 3. The molecular formula is C57H70F2O12. The highest BCUT2D eigenvalue weighted by molar-refractivity contribution is 5.98. The fraction of sp³-hybridized carbons (Fsp3) is 0.439. The number of carbonyl (C=O) groups is 4. The Morgan fingerprint density at radius 3 is 1.58 bits per heavy atom. The number of benzene rings is 4. The van der Waals surface area contributed by atoms with Crippen molar-refractivity contribution in [2.75, 3.05) is 27.8 Å². The standard InChI is InChI=1S/C32H39FO6.C25H31FO6/c1-9-24-20(5)26(30(34)39-17-37-8)18(3)19(4)27(24)32(31(35)36)21(6)25(10-2)29(28(33)22(32)7)38-16-23-14-12-11-13-15-23;1-9-17-14(5)20(16(7)21(26)22(17)27)25(29)32-23-13(4)12(3)19(15(6)18(23)10-2)24(28)31-11-30-8/h11-15,21H,9-10,16-17H2,1-8H3,(H,35,36);27H,9-11H2,1-8H3. The maximum Gasteiger partial charge on any atom is 0.344 e. The van der Waals surface area contributed by atoms with Crippen molar-refractivity contribution < 1.29 is 66.6 Å². The summed E-state index contributed by atoms with van der Waals surface area (Å²) in [5.74, 6) is -4.96. The van der Waals surface area contributed by atoms with Gasteiger partial charge in [-0.3, -0.25) is 4.79 Å². The van der Waals surface area contributed by atoms with Crippen molar-refractivity contribution in [3.63, 3.8) is 0 Å². The van der Waals surface area contributed by atoms with Crippen LogP contribution in [0.1, 0.15) is 151 Å². The molecule has 1 aliphatic rings. The molecule has 0 amide bonds. The third-order valence-corrected chi connectivity index (χ3v) is 14.3. The maximum atomic E-state index is 16.4. The van der Waals surface area contributed by atoms with Crippen molar-refractivity contribution >= 4 is 23.9 Å². The van der Waals surface area contributed by atoms with Crippen LogP contribution in [0.3, 0.4) is 0 Å². The van der Waals surface area contributed by atoms with Crippen LogP contribution in [-0.4, -0.2) is 61.9 Å². The van der Waals surface area contributed by atoms with Gasteiger partial charge in [-0.2, -0.15) is 0 Å². The number of rotatable bonds is 17. The second kappa shape index (κ2) is 24.2. The van der Waals surface area contributed by atoms with Gasteiger partial charge in [-0.25, -0.2) is 23.2 Å². The molecule has 0 bridgehead atoms. The zero-order valence-corrected chi connectivity index (χ0v) is 44.1. The van der Waals surface area contributed by atoms with E-state index in [0.29, 0.717) is 109 Å². The van der Waals surface area contributed by atoms with E-state index in [-0.39, 0.29) is 42.7 Å². The van der Waals surface area contributed by atoms with E-state index >= 15 is 4.39 Å². The molecule has 4 aromatic carbocycles. The number of methoxy groups -OCH3 is 2. The number of allylic oxidation sites excluding steroid dienone is 2. The number of phenolic OH excluding ortho intramolecular Hbond substituents is 1. The molecule has 0 aliphatic heterocycles. The topological polar surface area (TPSA) is 164 Å². The fourth-order valence-electron chi connectivity index (χ4n) is 10.3. The first-order valence-electron chi connectivity index (χ1n) is 23.8. The van der Waals surface area contributed by atoms with Crippen LogP contribution in [0.2, 0.25) is 0 Å². The number of carboxylic acid groups (broad SMARTS) is 1. The van der Waals surface area contributed by atoms with Crippen LogP contribution in [0.5, 0.6) is 11.5 Å². The molecule has 2 unspecified atom stereocenters. The predicted octanol–water partition coefficient (Wildman–Crippen LogP) is 12.2. The van der Waals surface area contributed by atoms with Crippen molar-refractivity contribution in [3.05, 3.63) is 148 Å². The summed E-state index contributed by atoms with van der Waals surface area (Å²) in [6, 6.07) is 9.47. The first-order valence-corrected chi connectivity index (χ1v) is 23.8. The molecule has 4 aromatic rings. The van der Waals surface area contributed by atoms with E-state index in [4.69, 9.17) is 28.4 Å². The first kappa shape index (κ1) is 57.2. The number of esters is 3. The number of phenols is 1. The molecule has 0 spiro atoms. The summed E-state index contributed by atoms with van der Waals surface area (Å²) in [7, 11) is 2.86. The molecule has 5 rings (SSSR count). The molecule has 12 nitrogen and oxygen atoms in total. The normalized spacial score (nSPS) is 15.5. The van der Waals surface area contributed by atoms with E-state index in [9.17, 15) is 33.8 Å². The second-order valence-corrected chi connectivity index (χ2v) is 17.8. The van der Waals surface area contributed by atoms with E-state index in [0.717, 1.165) is 5.56 Å². The molecule has 0 heterocycles. The van der Waals surface area contributed by atoms with Crippen LogP contribution in [0.4, 0.5) is 8.78 Å². The van der Waals surface area contributed by atoms with E-state index in [1.807, 2.05) is 58.0 Å². The van der Waals surface area contributed by atoms with Gasteiger partial charge in [0.15, 0.2) is 36.7 Å². The van der Waals surface area contributed by atoms with Gasteiger partial charge in [0.25, 0.3) is 0 Å². The summed E-state index contributed by atoms with van der Waals surface area (Å²) < 4.78 is 62.9. The number of hydrogen-bond acceptors (Lipinski definition) is 11. The molecule has 0 aromatic heterocycles. The Bertz CT molecular complexity index is 2770. The summed E-state index contributed by atoms with van der Waals surface area (Å²) in [5.41, 5.74) is 7.37. The molecule has 0 radical (unpaired) electrons. The lowest BCUT2D eigenvalue weighted by molar-refractivity contribution is -0.144. The van der Waals surface area contributed by atoms with Gasteiger partial charge in [0.2, 0.25) is 0 Å². The van der Waals surface area contributed by atoms with E-state index < -0.39 is 52.6 Å². The van der Waals surface area contributed by atoms with Gasteiger partial charge in [-0.05, 0) is 160 Å². The van der Waals surface area contributed by atoms with Gasteiger partial charge >= 0.3 is 23.9 Å². The summed E-state index contributed by atoms with van der Waals surface area (Å²) in [4.78, 5) is 52.2. The highest BCUT2D eigenvalue weighted by atomic mass is 19.1. The SMILES string of the molecule is CCC1=C(OCc2ccccc2)C(F)=C(C)C(C(=O)O)(c2c(C)c(C)c(C(=O)OCOC)c(C)c2CC)C1C.CCc1c(C)c(C(=O)Oc2c(C)c(C)c(C(=O)OCOC)c(C)c2CC)c(C)c(F)c1O. The number of aromatic hydroxyl groups is 1. The number of ether oxygens (including phenoxy) is 6. The second-order valence-electron chi connectivity index (χ2n) is 17.8. The smallest absolute Gasteiger partial charge is 0.344 e. The number of halogens is 2. The molecule has 1 aliphatic carbocycles. The Labute approximate surface area is 417 Å². The molecule has 0 saturated heterocycles. The minimum absolute atomic E-state index is 0.0334. The Morgan fingerprint density at radius 1 is 0.620 bits per heavy atom. The van der Waals surface area contributed by atoms with Gasteiger partial charge in [0.1, 0.15) is 17.8 Å². The third-order valence-electron chi connectivity index (χ3n) is 14.3. The van der Waals surface area contributed by atoms with E-state index in [1.54, 1.807) is 62.3 Å². The average Bonchev–Trinajstić information content (AvgIpc) is 3.34. The molecule has 2 N–H and O–H groups in total. The van der Waals surface area contributed by atoms with Gasteiger partial charge in [-0.15, -0.1) is 0 Å². The highest BCUT2D eigenvalue weighted by Gasteiger charge is 2.55. The first-order chi connectivity index (χ1) is 33.5. The van der Waals surface area contributed by atoms with E-state index in [1.165, 1.54) is 21.1 Å². The maximum absolute atomic E-state index is 16.4. The zero-order valence-electron chi connectivity index (χ0n) is 44.1. The predicted molar refractivity (Wildman–Crippen MR) is 267 cm³/mol. The Morgan fingerprint density at radius 2 is 1.10 bits per heavy atom. The van der Waals surface area contributed by atoms with Gasteiger partial charge in [-0.1, -0.05) is 65.0 Å². The van der Waals surface area contributed by atoms with Crippen LogP contribution in [0.25, 0.3) is 0 Å². The lowest BCUT2D eigenvalue weighted by Gasteiger charge is -2.44. The molecule has 384 valence electrons. The average molecular weight is 985 g/mol. The van der Waals surface area contributed by atoms with Crippen molar-refractivity contribution in [2.45, 2.75) is 135 Å². The van der Waals surface area contributed by atoms with Crippen molar-refractivity contribution in [1.29, 1.82) is 0 Å². The third kappa shape index (κ3) is 10.6. The molecule has 2 atom stereocenters. The van der Waals surface area contributed by atoms with Gasteiger partial charge in [0, 0.05) is 31.3 Å². The summed E-state index contributed by atoms with van der Waals surface area (Å²) >= 11 is 0. The van der Waals surface area contributed by atoms with Crippen molar-refractivity contribution in [3.8, 4) is 11.5 Å². The van der Waals surface area contributed by atoms with Crippen LogP contribution in [0, 0.1) is 67.1 Å². The quantitative estimate of drug-likeness (QED) is 0.0585. The molecule has 0 saturated carbocycles. The number of hydrogen-bond donors (Lipinski definition) is 2. The monoisotopic (exact) mass is 984 g/mol. The largest absolute Gasteiger partial charge is 0.505 e. The molecular weight excluding hydrogens is 915 g/mol. The van der Waals surface area contributed by atoms with Gasteiger partial charge < -0.3 is 38.6 Å². The van der Waals surface area contributed by atoms with E-state index in [2.05, 4.69) is 0 Å². The van der Waals surface area contributed by atoms with Crippen molar-refractivity contribution in [2.24, 2.45) is 5.92 Å².